The minimum absolute atomic E-state index is 0.280. The predicted octanol–water partition coefficient (Wildman–Crippen LogP) is 4.80. The number of hydrogen-bond donors (Lipinski definition) is 1. The summed E-state index contributed by atoms with van der Waals surface area (Å²) in [5.41, 5.74) is 3.18. The van der Waals surface area contributed by atoms with E-state index in [0.29, 0.717) is 18.2 Å². The van der Waals surface area contributed by atoms with Crippen LogP contribution >= 0.6 is 0 Å². The fraction of sp³-hybridized carbons (Fsp3) is 0.136. The van der Waals surface area contributed by atoms with Gasteiger partial charge in [0, 0.05) is 5.56 Å². The van der Waals surface area contributed by atoms with Gasteiger partial charge >= 0.3 is 5.97 Å². The van der Waals surface area contributed by atoms with Crippen LogP contribution in [-0.2, 0) is 0 Å². The minimum atomic E-state index is -0.923. The lowest BCUT2D eigenvalue weighted by molar-refractivity contribution is 0.0697. The Hall–Kier alpha value is -3.47. The maximum absolute atomic E-state index is 10.9. The highest BCUT2D eigenvalue weighted by Gasteiger charge is 2.02. The van der Waals surface area contributed by atoms with Gasteiger partial charge in [-0.3, -0.25) is 0 Å². The lowest BCUT2D eigenvalue weighted by Gasteiger charge is -2.05. The number of hydrogen-bond acceptors (Lipinski definition) is 4. The Labute approximate surface area is 158 Å². The van der Waals surface area contributed by atoms with Gasteiger partial charge in [0.25, 0.3) is 0 Å². The third kappa shape index (κ3) is 5.01. The van der Waals surface area contributed by atoms with Crippen molar-refractivity contribution in [3.05, 3.63) is 77.6 Å². The highest BCUT2D eigenvalue weighted by atomic mass is 16.5. The number of carboxylic acids is 1. The minimum Gasteiger partial charge on any atom is -0.490 e. The summed E-state index contributed by atoms with van der Waals surface area (Å²) in [5, 5.41) is 8.92. The fourth-order valence-electron chi connectivity index (χ4n) is 2.43. The zero-order chi connectivity index (χ0) is 19.1. The molecule has 0 aliphatic carbocycles. The van der Waals surface area contributed by atoms with Gasteiger partial charge in [0.1, 0.15) is 0 Å². The van der Waals surface area contributed by atoms with Crippen LogP contribution in [0.1, 0.15) is 34.8 Å². The van der Waals surface area contributed by atoms with Crippen molar-refractivity contribution in [2.45, 2.75) is 13.3 Å². The number of ether oxygens (including phenoxy) is 1. The van der Waals surface area contributed by atoms with E-state index in [1.165, 1.54) is 0 Å². The molecule has 0 atom stereocenters. The van der Waals surface area contributed by atoms with Gasteiger partial charge < -0.3 is 9.84 Å². The first-order valence-electron chi connectivity index (χ1n) is 8.72. The Balaban J connectivity index is 1.66. The Morgan fingerprint density at radius 3 is 2.04 bits per heavy atom. The van der Waals surface area contributed by atoms with Crippen LogP contribution in [0.2, 0.25) is 0 Å². The third-order valence-corrected chi connectivity index (χ3v) is 3.90. The number of benzene rings is 2. The van der Waals surface area contributed by atoms with Gasteiger partial charge in [-0.15, -0.1) is 0 Å². The van der Waals surface area contributed by atoms with E-state index in [4.69, 9.17) is 9.84 Å². The second kappa shape index (κ2) is 8.76. The molecule has 5 nitrogen and oxygen atoms in total. The molecule has 1 heterocycles. The van der Waals surface area contributed by atoms with E-state index in [2.05, 4.69) is 16.9 Å². The molecule has 3 aromatic rings. The van der Waals surface area contributed by atoms with Crippen LogP contribution in [0.25, 0.3) is 23.5 Å². The molecule has 0 radical (unpaired) electrons. The first-order valence-corrected chi connectivity index (χ1v) is 8.72. The summed E-state index contributed by atoms with van der Waals surface area (Å²) in [4.78, 5) is 19.6. The summed E-state index contributed by atoms with van der Waals surface area (Å²) in [6.45, 7) is 2.71. The number of nitrogens with zero attached hydrogens (tertiary/aromatic N) is 2. The second-order valence-electron chi connectivity index (χ2n) is 5.97. The number of carboxylic acid groups (broad SMARTS) is 1. The molecule has 2 aromatic carbocycles. The van der Waals surface area contributed by atoms with Crippen molar-refractivity contribution in [2.75, 3.05) is 6.61 Å². The molecule has 27 heavy (non-hydrogen) atoms. The van der Waals surface area contributed by atoms with E-state index in [0.717, 1.165) is 23.1 Å². The van der Waals surface area contributed by atoms with E-state index < -0.39 is 5.97 Å². The first kappa shape index (κ1) is 18.3. The molecule has 3 rings (SSSR count). The van der Waals surface area contributed by atoms with Crippen molar-refractivity contribution in [1.29, 1.82) is 0 Å². The van der Waals surface area contributed by atoms with Crippen LogP contribution in [0, 0.1) is 0 Å². The molecule has 0 aliphatic rings. The largest absolute Gasteiger partial charge is 0.490 e. The standard InChI is InChI=1S/C22H20N2O3/c1-2-13-27-20-14-23-21(24-15-20)18-9-5-16(6-10-18)3-4-17-7-11-19(12-8-17)22(25)26/h3-12,14-15H,2,13H2,1H3,(H,25,26)/b4-3+. The van der Waals surface area contributed by atoms with Gasteiger partial charge in [-0.1, -0.05) is 55.5 Å². The molecule has 0 bridgehead atoms. The molecule has 136 valence electrons. The molecule has 5 heteroatoms. The van der Waals surface area contributed by atoms with Gasteiger partial charge in [0.2, 0.25) is 0 Å². The van der Waals surface area contributed by atoms with Crippen molar-refractivity contribution in [3.8, 4) is 17.1 Å². The van der Waals surface area contributed by atoms with Crippen LogP contribution in [0.15, 0.2) is 60.9 Å². The zero-order valence-corrected chi connectivity index (χ0v) is 15.0. The number of rotatable bonds is 7. The third-order valence-electron chi connectivity index (χ3n) is 3.90. The SMILES string of the molecule is CCCOc1cnc(-c2ccc(/C=C/c3ccc(C(=O)O)cc3)cc2)nc1. The molecule has 0 fully saturated rings. The van der Waals surface area contributed by atoms with Crippen LogP contribution in [0.3, 0.4) is 0 Å². The molecular weight excluding hydrogens is 340 g/mol. The monoisotopic (exact) mass is 360 g/mol. The van der Waals surface area contributed by atoms with Crippen LogP contribution in [0.5, 0.6) is 5.75 Å². The molecule has 0 unspecified atom stereocenters. The highest BCUT2D eigenvalue weighted by Crippen LogP contribution is 2.18. The van der Waals surface area contributed by atoms with E-state index in [9.17, 15) is 4.79 Å². The lowest BCUT2D eigenvalue weighted by Crippen LogP contribution is -1.97. The number of carbonyl (C=O) groups is 1. The van der Waals surface area contributed by atoms with Gasteiger partial charge in [-0.25, -0.2) is 14.8 Å². The fourth-order valence-corrected chi connectivity index (χ4v) is 2.43. The normalized spacial score (nSPS) is 10.9. The summed E-state index contributed by atoms with van der Waals surface area (Å²) in [5.74, 6) is 0.404. The average Bonchev–Trinajstić information content (AvgIpc) is 2.72. The quantitative estimate of drug-likeness (QED) is 0.613. The maximum atomic E-state index is 10.9. The van der Waals surface area contributed by atoms with E-state index in [-0.39, 0.29) is 5.56 Å². The first-order chi connectivity index (χ1) is 13.2. The smallest absolute Gasteiger partial charge is 0.335 e. The molecule has 0 aliphatic heterocycles. The zero-order valence-electron chi connectivity index (χ0n) is 15.0. The van der Waals surface area contributed by atoms with Crippen LogP contribution in [-0.4, -0.2) is 27.7 Å². The Morgan fingerprint density at radius 1 is 0.963 bits per heavy atom. The number of aromatic carboxylic acids is 1. The highest BCUT2D eigenvalue weighted by molar-refractivity contribution is 5.88. The Bertz CT molecular complexity index is 915. The predicted molar refractivity (Wildman–Crippen MR) is 106 cm³/mol. The van der Waals surface area contributed by atoms with E-state index in [1.54, 1.807) is 36.7 Å². The molecule has 0 saturated carbocycles. The molecular formula is C22H20N2O3. The molecule has 0 saturated heterocycles. The van der Waals surface area contributed by atoms with Crippen LogP contribution in [0.4, 0.5) is 0 Å². The summed E-state index contributed by atoms with van der Waals surface area (Å²) in [6.07, 6.45) is 8.23. The Morgan fingerprint density at radius 2 is 1.52 bits per heavy atom. The van der Waals surface area contributed by atoms with E-state index in [1.807, 2.05) is 36.4 Å². The van der Waals surface area contributed by atoms with Crippen LogP contribution < -0.4 is 4.74 Å². The van der Waals surface area contributed by atoms with Crippen molar-refractivity contribution in [1.82, 2.24) is 9.97 Å². The summed E-state index contributed by atoms with van der Waals surface area (Å²) in [6, 6.07) is 14.7. The van der Waals surface area contributed by atoms with Crippen molar-refractivity contribution < 1.29 is 14.6 Å². The van der Waals surface area contributed by atoms with E-state index >= 15 is 0 Å². The van der Waals surface area contributed by atoms with Gasteiger partial charge in [0.05, 0.1) is 24.6 Å². The topological polar surface area (TPSA) is 72.3 Å². The summed E-state index contributed by atoms with van der Waals surface area (Å²) < 4.78 is 5.49. The molecule has 1 N–H and O–H groups in total. The second-order valence-corrected chi connectivity index (χ2v) is 5.97. The maximum Gasteiger partial charge on any atom is 0.335 e. The number of aromatic nitrogens is 2. The lowest BCUT2D eigenvalue weighted by atomic mass is 10.1. The summed E-state index contributed by atoms with van der Waals surface area (Å²) in [7, 11) is 0. The molecule has 0 amide bonds. The summed E-state index contributed by atoms with van der Waals surface area (Å²) >= 11 is 0. The average molecular weight is 360 g/mol. The van der Waals surface area contributed by atoms with Gasteiger partial charge in [0.15, 0.2) is 11.6 Å². The molecule has 0 spiro atoms. The van der Waals surface area contributed by atoms with Gasteiger partial charge in [-0.05, 0) is 29.7 Å². The molecule has 1 aromatic heterocycles. The van der Waals surface area contributed by atoms with Crippen molar-refractivity contribution in [2.24, 2.45) is 0 Å². The van der Waals surface area contributed by atoms with Crippen molar-refractivity contribution in [3.63, 3.8) is 0 Å². The van der Waals surface area contributed by atoms with Crippen molar-refractivity contribution >= 4 is 18.1 Å². The van der Waals surface area contributed by atoms with Gasteiger partial charge in [-0.2, -0.15) is 0 Å². The Kier molecular flexibility index (Phi) is 5.94.